The van der Waals surface area contributed by atoms with E-state index < -0.39 is 0 Å². The predicted octanol–water partition coefficient (Wildman–Crippen LogP) is 0.262. The van der Waals surface area contributed by atoms with Crippen LogP contribution in [0.5, 0.6) is 0 Å². The van der Waals surface area contributed by atoms with Crippen LogP contribution < -0.4 is 0 Å². The average Bonchev–Trinajstić information content (AvgIpc) is 1.00. The van der Waals surface area contributed by atoms with Gasteiger partial charge in [0.2, 0.25) is 0 Å². The molecule has 0 saturated heterocycles. The standard InChI is InChI=1S/Fe.Pb.S.Zn. The maximum atomic E-state index is 3.83. The first-order chi connectivity index (χ1) is 1.00. The van der Waals surface area contributed by atoms with Crippen LogP contribution in [0.3, 0.4) is 0 Å². The average molecular weight is 361 g/mol. The third-order valence-corrected chi connectivity index (χ3v) is 0. The Balaban J connectivity index is -0.00000000500. The number of hydrogen-bond donors (Lipinski definition) is 0. The van der Waals surface area contributed by atoms with Crippen molar-refractivity contribution in [1.82, 2.24) is 0 Å². The Morgan fingerprint density at radius 2 is 1.25 bits per heavy atom. The minimum Gasteiger partial charge on any atom is 0 e. The van der Waals surface area contributed by atoms with Crippen molar-refractivity contribution in [2.75, 3.05) is 0 Å². The summed E-state index contributed by atoms with van der Waals surface area (Å²) in [7, 11) is 3.83. The van der Waals surface area contributed by atoms with Crippen LogP contribution in [0.2, 0.25) is 0 Å². The van der Waals surface area contributed by atoms with Gasteiger partial charge in [0, 0.05) is 46.8 Å². The first-order valence-corrected chi connectivity index (χ1v) is 1.79. The van der Waals surface area contributed by atoms with E-state index in [-0.39, 0.29) is 46.8 Å². The molecule has 0 unspecified atom stereocenters. The monoisotopic (exact) mass is 360 g/mol. The number of hydrogen-bond acceptors (Lipinski definition) is 1. The van der Waals surface area contributed by atoms with E-state index in [0.717, 1.165) is 0 Å². The Bertz CT molecular complexity index is 8.00. The SMILES string of the molecule is [Pb].[S]=[Fe].[Zn]. The summed E-state index contributed by atoms with van der Waals surface area (Å²) in [6.07, 6.45) is 0. The fraction of sp³-hybridized carbons (Fsp3) is 0. The van der Waals surface area contributed by atoms with Gasteiger partial charge in [0.05, 0.1) is 0 Å². The molecule has 4 radical (unpaired) electrons. The van der Waals surface area contributed by atoms with E-state index in [4.69, 9.17) is 0 Å². The topological polar surface area (TPSA) is 0 Å². The smallest absolute Gasteiger partial charge is 0 e. The van der Waals surface area contributed by atoms with Crippen molar-refractivity contribution in [1.29, 1.82) is 0 Å². The van der Waals surface area contributed by atoms with Gasteiger partial charge in [-0.1, -0.05) is 0 Å². The van der Waals surface area contributed by atoms with Crippen LogP contribution in [0.15, 0.2) is 0 Å². The molecule has 0 heterocycles. The molecule has 0 fully saturated rings. The molecule has 20 valence electrons. The van der Waals surface area contributed by atoms with Crippen LogP contribution in [0.1, 0.15) is 0 Å². The van der Waals surface area contributed by atoms with Crippen LogP contribution in [-0.2, 0) is 33.9 Å². The molecule has 0 aliphatic carbocycles. The zero-order chi connectivity index (χ0) is 2.00. The first kappa shape index (κ1) is 16.3. The van der Waals surface area contributed by atoms with Crippen LogP contribution in [0, 0.1) is 0 Å². The summed E-state index contributed by atoms with van der Waals surface area (Å²) in [5.74, 6) is 0. The van der Waals surface area contributed by atoms with Crippen molar-refractivity contribution >= 4 is 37.9 Å². The molecule has 0 atom stereocenters. The van der Waals surface area contributed by atoms with Gasteiger partial charge in [-0.3, -0.25) is 0 Å². The Labute approximate surface area is 70.7 Å². The van der Waals surface area contributed by atoms with Gasteiger partial charge < -0.3 is 0 Å². The van der Waals surface area contributed by atoms with Crippen molar-refractivity contribution < 1.29 is 33.9 Å². The van der Waals surface area contributed by atoms with E-state index in [1.807, 2.05) is 0 Å². The van der Waals surface area contributed by atoms with E-state index in [1.54, 1.807) is 0 Å². The van der Waals surface area contributed by atoms with Crippen molar-refractivity contribution in [3.05, 3.63) is 0 Å². The second-order valence-corrected chi connectivity index (χ2v) is 0. The Hall–Kier alpha value is 2.28. The molecule has 0 bridgehead atoms. The molecule has 0 rings (SSSR count). The molecule has 0 aromatic carbocycles. The molecule has 0 aromatic heterocycles. The normalized spacial score (nSPS) is 1.25. The molecule has 4 heavy (non-hydrogen) atoms. The van der Waals surface area contributed by atoms with Crippen molar-refractivity contribution in [3.63, 3.8) is 0 Å². The minimum atomic E-state index is 0. The van der Waals surface area contributed by atoms with Gasteiger partial charge >= 0.3 is 24.9 Å². The van der Waals surface area contributed by atoms with Gasteiger partial charge in [-0.15, -0.1) is 0 Å². The summed E-state index contributed by atoms with van der Waals surface area (Å²) < 4.78 is 0. The van der Waals surface area contributed by atoms with E-state index in [9.17, 15) is 0 Å². The fourth-order valence-electron chi connectivity index (χ4n) is 0. The maximum Gasteiger partial charge on any atom is 0 e. The van der Waals surface area contributed by atoms with Crippen molar-refractivity contribution in [3.8, 4) is 0 Å². The fourth-order valence-corrected chi connectivity index (χ4v) is 0. The molecular formula is FePbSZn. The molecule has 0 aliphatic rings. The Kier molecular flexibility index (Phi) is 75.6. The zero-order valence-corrected chi connectivity index (χ0v) is 10.7. The molecule has 0 saturated carbocycles. The molecule has 4 heteroatoms. The van der Waals surface area contributed by atoms with Crippen molar-refractivity contribution in [2.45, 2.75) is 0 Å². The van der Waals surface area contributed by atoms with Gasteiger partial charge in [-0.05, 0) is 0 Å². The van der Waals surface area contributed by atoms with Gasteiger partial charge in [-0.25, -0.2) is 0 Å². The maximum absolute atomic E-state index is 3.83. The van der Waals surface area contributed by atoms with Crippen LogP contribution >= 0.6 is 10.6 Å². The number of rotatable bonds is 0. The van der Waals surface area contributed by atoms with E-state index in [1.165, 1.54) is 0 Å². The van der Waals surface area contributed by atoms with Gasteiger partial charge in [-0.2, -0.15) is 0 Å². The molecule has 0 spiro atoms. The summed E-state index contributed by atoms with van der Waals surface area (Å²) in [6, 6.07) is 0. The second kappa shape index (κ2) is 18.6. The third-order valence-electron chi connectivity index (χ3n) is 0. The molecular weight excluding hydrogens is 361 g/mol. The molecule has 0 N–H and O–H groups in total. The van der Waals surface area contributed by atoms with E-state index in [2.05, 4.69) is 24.9 Å². The second-order valence-electron chi connectivity index (χ2n) is 0. The Morgan fingerprint density at radius 1 is 1.25 bits per heavy atom. The summed E-state index contributed by atoms with van der Waals surface area (Å²) in [4.78, 5) is 0. The summed E-state index contributed by atoms with van der Waals surface area (Å²) in [5.41, 5.74) is 0. The third kappa shape index (κ3) is 8.86. The van der Waals surface area contributed by atoms with Gasteiger partial charge in [0.25, 0.3) is 0 Å². The first-order valence-electron chi connectivity index (χ1n) is 0.144. The largest absolute Gasteiger partial charge is 0 e. The molecule has 0 aromatic rings. The van der Waals surface area contributed by atoms with Crippen LogP contribution in [0.4, 0.5) is 0 Å². The van der Waals surface area contributed by atoms with Crippen LogP contribution in [0.25, 0.3) is 0 Å². The van der Waals surface area contributed by atoms with E-state index >= 15 is 0 Å². The van der Waals surface area contributed by atoms with Crippen molar-refractivity contribution in [2.24, 2.45) is 0 Å². The summed E-state index contributed by atoms with van der Waals surface area (Å²) >= 11 is 2.83. The predicted molar refractivity (Wildman–Crippen MR) is 13.3 cm³/mol. The van der Waals surface area contributed by atoms with E-state index in [0.29, 0.717) is 0 Å². The molecule has 0 aliphatic heterocycles. The zero-order valence-electron chi connectivity index (χ0n) is 1.97. The molecule has 0 nitrogen and oxygen atoms in total. The van der Waals surface area contributed by atoms with Gasteiger partial charge in [0.1, 0.15) is 0 Å². The van der Waals surface area contributed by atoms with Crippen LogP contribution in [-0.4, -0.2) is 27.3 Å². The molecule has 0 amide bonds. The van der Waals surface area contributed by atoms with Gasteiger partial charge in [0.15, 0.2) is 0 Å². The summed E-state index contributed by atoms with van der Waals surface area (Å²) in [5, 5.41) is 0. The summed E-state index contributed by atoms with van der Waals surface area (Å²) in [6.45, 7) is 0. The minimum absolute atomic E-state index is 0. The Morgan fingerprint density at radius 3 is 1.25 bits per heavy atom. The quantitative estimate of drug-likeness (QED) is 0.559.